The Morgan fingerprint density at radius 1 is 1.77 bits per heavy atom. The van der Waals surface area contributed by atoms with Crippen LogP contribution in [0, 0.1) is 0 Å². The molecule has 1 aliphatic rings. The number of ether oxygens (including phenoxy) is 1. The van der Waals surface area contributed by atoms with E-state index in [1.807, 2.05) is 0 Å². The van der Waals surface area contributed by atoms with E-state index in [0.717, 1.165) is 19.4 Å². The van der Waals surface area contributed by atoms with Crippen LogP contribution in [0.2, 0.25) is 0 Å². The number of hydrogen-bond acceptors (Lipinski definition) is 5. The van der Waals surface area contributed by atoms with Crippen LogP contribution in [0.1, 0.15) is 19.8 Å². The fraction of sp³-hybridized carbons (Fsp3) is 0.875. The lowest BCUT2D eigenvalue weighted by Crippen LogP contribution is -2.25. The van der Waals surface area contributed by atoms with Crippen LogP contribution in [-0.4, -0.2) is 30.3 Å². The van der Waals surface area contributed by atoms with Crippen molar-refractivity contribution in [1.29, 1.82) is 0 Å². The van der Waals surface area contributed by atoms with E-state index in [9.17, 15) is 4.79 Å². The van der Waals surface area contributed by atoms with Gasteiger partial charge in [0.15, 0.2) is 0 Å². The van der Waals surface area contributed by atoms with Gasteiger partial charge in [0.1, 0.15) is 12.7 Å². The first kappa shape index (κ1) is 10.8. The average molecular weight is 205 g/mol. The first-order chi connectivity index (χ1) is 6.33. The highest BCUT2D eigenvalue weighted by atomic mass is 32.2. The van der Waals surface area contributed by atoms with Gasteiger partial charge in [-0.1, -0.05) is 13.3 Å². The number of unbranched alkanes of at least 4 members (excludes halogenated alkanes) is 1. The largest absolute Gasteiger partial charge is 0.451 e. The van der Waals surface area contributed by atoms with Crippen LogP contribution >= 0.6 is 11.8 Å². The molecule has 0 aromatic carbocycles. The van der Waals surface area contributed by atoms with E-state index in [1.165, 1.54) is 11.8 Å². The Labute approximate surface area is 82.3 Å². The van der Waals surface area contributed by atoms with Crippen LogP contribution in [0.3, 0.4) is 0 Å². The van der Waals surface area contributed by atoms with Crippen molar-refractivity contribution < 1.29 is 14.4 Å². The number of carbonyl (C=O) groups excluding carboxylic acids is 1. The molecule has 0 aliphatic carbocycles. The topological polar surface area (TPSA) is 47.6 Å². The Balaban J connectivity index is 1.91. The Hall–Kier alpha value is -0.260. The lowest BCUT2D eigenvalue weighted by Gasteiger charge is -2.08. The molecule has 0 aromatic rings. The summed E-state index contributed by atoms with van der Waals surface area (Å²) in [6.45, 7) is 3.42. The molecule has 0 bridgehead atoms. The van der Waals surface area contributed by atoms with Crippen molar-refractivity contribution in [2.75, 3.05) is 18.9 Å². The standard InChI is InChI=1S/C8H15NO3S/c1-2-3-4-9-11-5-7-6-13-8(10)12-7/h7,9H,2-6H2,1H3. The lowest BCUT2D eigenvalue weighted by atomic mass is 10.3. The van der Waals surface area contributed by atoms with E-state index < -0.39 is 0 Å². The zero-order chi connectivity index (χ0) is 9.52. The molecule has 1 heterocycles. The molecule has 4 nitrogen and oxygen atoms in total. The Morgan fingerprint density at radius 3 is 3.23 bits per heavy atom. The minimum absolute atomic E-state index is 0.0772. The van der Waals surface area contributed by atoms with Crippen molar-refractivity contribution in [3.63, 3.8) is 0 Å². The molecule has 76 valence electrons. The number of nitrogens with one attached hydrogen (secondary N) is 1. The van der Waals surface area contributed by atoms with Gasteiger partial charge >= 0.3 is 5.30 Å². The van der Waals surface area contributed by atoms with Crippen molar-refractivity contribution in [2.45, 2.75) is 25.9 Å². The SMILES string of the molecule is CCCCNOCC1CSC(=O)O1. The highest BCUT2D eigenvalue weighted by molar-refractivity contribution is 8.13. The van der Waals surface area contributed by atoms with E-state index in [0.29, 0.717) is 12.4 Å². The van der Waals surface area contributed by atoms with Gasteiger partial charge in [0.05, 0.1) is 0 Å². The molecule has 0 radical (unpaired) electrons. The molecule has 13 heavy (non-hydrogen) atoms. The monoisotopic (exact) mass is 205 g/mol. The Morgan fingerprint density at radius 2 is 2.62 bits per heavy atom. The average Bonchev–Trinajstić information content (AvgIpc) is 2.51. The third kappa shape index (κ3) is 4.50. The van der Waals surface area contributed by atoms with E-state index >= 15 is 0 Å². The second kappa shape index (κ2) is 6.23. The maximum Gasteiger partial charge on any atom is 0.367 e. The quantitative estimate of drug-likeness (QED) is 0.405. The molecule has 1 fully saturated rings. The van der Waals surface area contributed by atoms with Gasteiger partial charge in [-0.2, -0.15) is 0 Å². The maximum absolute atomic E-state index is 10.7. The fourth-order valence-electron chi connectivity index (χ4n) is 0.920. The first-order valence-electron chi connectivity index (χ1n) is 4.51. The van der Waals surface area contributed by atoms with Gasteiger partial charge in [0.25, 0.3) is 0 Å². The van der Waals surface area contributed by atoms with Crippen molar-refractivity contribution >= 4 is 17.1 Å². The van der Waals surface area contributed by atoms with Crippen molar-refractivity contribution in [1.82, 2.24) is 5.48 Å². The summed E-state index contributed by atoms with van der Waals surface area (Å²) < 4.78 is 4.93. The predicted molar refractivity (Wildman–Crippen MR) is 51.6 cm³/mol. The van der Waals surface area contributed by atoms with Gasteiger partial charge in [-0.05, 0) is 18.2 Å². The number of rotatable bonds is 6. The number of hydrogen-bond donors (Lipinski definition) is 1. The minimum Gasteiger partial charge on any atom is -0.451 e. The molecule has 1 rings (SSSR count). The highest BCUT2D eigenvalue weighted by Crippen LogP contribution is 2.19. The molecule has 1 atom stereocenters. The van der Waals surface area contributed by atoms with Crippen LogP contribution in [0.15, 0.2) is 0 Å². The molecule has 1 saturated heterocycles. The van der Waals surface area contributed by atoms with Gasteiger partial charge in [-0.25, -0.2) is 10.3 Å². The van der Waals surface area contributed by atoms with E-state index in [4.69, 9.17) is 9.57 Å². The molecule has 0 saturated carbocycles. The van der Waals surface area contributed by atoms with Gasteiger partial charge in [-0.15, -0.1) is 0 Å². The zero-order valence-electron chi connectivity index (χ0n) is 7.75. The molecule has 1 aliphatic heterocycles. The third-order valence-corrected chi connectivity index (χ3v) is 2.52. The third-order valence-electron chi connectivity index (χ3n) is 1.65. The second-order valence-electron chi connectivity index (χ2n) is 2.86. The number of carbonyl (C=O) groups is 1. The summed E-state index contributed by atoms with van der Waals surface area (Å²) in [4.78, 5) is 15.8. The predicted octanol–water partition coefficient (Wildman–Crippen LogP) is 1.56. The molecular formula is C8H15NO3S. The summed E-state index contributed by atoms with van der Waals surface area (Å²) >= 11 is 1.20. The molecule has 0 spiro atoms. The van der Waals surface area contributed by atoms with Crippen LogP contribution in [-0.2, 0) is 9.57 Å². The van der Waals surface area contributed by atoms with Crippen molar-refractivity contribution in [3.05, 3.63) is 0 Å². The Bertz CT molecular complexity index is 165. The number of thioether (sulfide) groups is 1. The number of cyclic esters (lactones) is 1. The molecule has 1 unspecified atom stereocenters. The molecule has 1 N–H and O–H groups in total. The molecule has 5 heteroatoms. The van der Waals surface area contributed by atoms with Crippen LogP contribution in [0.4, 0.5) is 4.79 Å². The summed E-state index contributed by atoms with van der Waals surface area (Å²) in [5.74, 6) is 0.703. The summed E-state index contributed by atoms with van der Waals surface area (Å²) in [6, 6.07) is 0. The fourth-order valence-corrected chi connectivity index (χ4v) is 1.61. The van der Waals surface area contributed by atoms with Gasteiger partial charge in [0, 0.05) is 12.3 Å². The smallest absolute Gasteiger partial charge is 0.367 e. The van der Waals surface area contributed by atoms with E-state index in [1.54, 1.807) is 0 Å². The Kier molecular flexibility index (Phi) is 5.19. The number of hydroxylamine groups is 1. The summed E-state index contributed by atoms with van der Waals surface area (Å²) in [5, 5.41) is -0.192. The normalized spacial score (nSPS) is 21.9. The molecule has 0 aromatic heterocycles. The zero-order valence-corrected chi connectivity index (χ0v) is 8.56. The van der Waals surface area contributed by atoms with Crippen LogP contribution in [0.25, 0.3) is 0 Å². The maximum atomic E-state index is 10.7. The van der Waals surface area contributed by atoms with Gasteiger partial charge in [0.2, 0.25) is 0 Å². The van der Waals surface area contributed by atoms with E-state index in [-0.39, 0.29) is 11.4 Å². The highest BCUT2D eigenvalue weighted by Gasteiger charge is 2.24. The second-order valence-corrected chi connectivity index (χ2v) is 3.82. The van der Waals surface area contributed by atoms with Gasteiger partial charge in [-0.3, -0.25) is 4.84 Å². The molecular weight excluding hydrogens is 190 g/mol. The molecule has 0 amide bonds. The van der Waals surface area contributed by atoms with Crippen molar-refractivity contribution in [3.8, 4) is 0 Å². The van der Waals surface area contributed by atoms with Crippen molar-refractivity contribution in [2.24, 2.45) is 0 Å². The summed E-state index contributed by atoms with van der Waals surface area (Å²) in [6.07, 6.45) is 2.16. The van der Waals surface area contributed by atoms with E-state index in [2.05, 4.69) is 12.4 Å². The minimum atomic E-state index is -0.192. The first-order valence-corrected chi connectivity index (χ1v) is 5.49. The van der Waals surface area contributed by atoms with Gasteiger partial charge < -0.3 is 4.74 Å². The summed E-state index contributed by atoms with van der Waals surface area (Å²) in [7, 11) is 0. The van der Waals surface area contributed by atoms with Crippen LogP contribution < -0.4 is 5.48 Å². The summed E-state index contributed by atoms with van der Waals surface area (Å²) in [5.41, 5.74) is 2.83. The lowest BCUT2D eigenvalue weighted by molar-refractivity contribution is -0.0102. The van der Waals surface area contributed by atoms with Crippen LogP contribution in [0.5, 0.6) is 0 Å².